The zero-order valence-corrected chi connectivity index (χ0v) is 13.5. The fourth-order valence-electron chi connectivity index (χ4n) is 2.46. The van der Waals surface area contributed by atoms with Gasteiger partial charge in [-0.25, -0.2) is 4.98 Å². The topological polar surface area (TPSA) is 33.6 Å². The van der Waals surface area contributed by atoms with E-state index >= 15 is 0 Å². The second-order valence-electron chi connectivity index (χ2n) is 5.03. The minimum absolute atomic E-state index is 0.185. The van der Waals surface area contributed by atoms with Crippen molar-refractivity contribution < 1.29 is 0 Å². The molecule has 0 bridgehead atoms. The number of imidazole rings is 1. The van der Waals surface area contributed by atoms with Gasteiger partial charge in [-0.3, -0.25) is 4.57 Å². The van der Waals surface area contributed by atoms with Gasteiger partial charge in [0.2, 0.25) is 0 Å². The van der Waals surface area contributed by atoms with Gasteiger partial charge < -0.3 is 4.98 Å². The highest BCUT2D eigenvalue weighted by Crippen LogP contribution is 2.33. The zero-order valence-electron chi connectivity index (χ0n) is 11.1. The van der Waals surface area contributed by atoms with Gasteiger partial charge in [-0.2, -0.15) is 0 Å². The first kappa shape index (κ1) is 13.8. The summed E-state index contributed by atoms with van der Waals surface area (Å²) in [6.45, 7) is 4.39. The molecule has 6 heteroatoms. The Balaban J connectivity index is 2.26. The molecule has 3 aromatic rings. The molecule has 3 rings (SSSR count). The Morgan fingerprint density at radius 2 is 2.25 bits per heavy atom. The molecule has 1 unspecified atom stereocenters. The van der Waals surface area contributed by atoms with E-state index in [1.165, 1.54) is 4.88 Å². The van der Waals surface area contributed by atoms with Crippen LogP contribution in [-0.2, 0) is 0 Å². The molecule has 3 heterocycles. The molecule has 1 N–H and O–H groups in total. The van der Waals surface area contributed by atoms with Crippen molar-refractivity contribution in [3.63, 3.8) is 0 Å². The lowest BCUT2D eigenvalue weighted by molar-refractivity contribution is 0.447. The molecule has 0 aliphatic heterocycles. The molecular formula is C14H14ClN3S2. The second-order valence-corrected chi connectivity index (χ2v) is 6.83. The summed E-state index contributed by atoms with van der Waals surface area (Å²) < 4.78 is 2.78. The van der Waals surface area contributed by atoms with Gasteiger partial charge >= 0.3 is 0 Å². The summed E-state index contributed by atoms with van der Waals surface area (Å²) >= 11 is 13.2. The average Bonchev–Trinajstić information content (AvgIpc) is 2.98. The Morgan fingerprint density at radius 1 is 1.45 bits per heavy atom. The lowest BCUT2D eigenvalue weighted by Gasteiger charge is -2.21. The van der Waals surface area contributed by atoms with Crippen LogP contribution in [0.15, 0.2) is 29.8 Å². The van der Waals surface area contributed by atoms with Crippen LogP contribution < -0.4 is 0 Å². The molecule has 0 radical (unpaired) electrons. The van der Waals surface area contributed by atoms with Gasteiger partial charge in [0.05, 0.1) is 16.6 Å². The molecule has 0 saturated carbocycles. The van der Waals surface area contributed by atoms with Crippen molar-refractivity contribution in [2.45, 2.75) is 19.9 Å². The lowest BCUT2D eigenvalue weighted by atomic mass is 10.0. The Morgan fingerprint density at radius 3 is 2.90 bits per heavy atom. The molecule has 0 spiro atoms. The van der Waals surface area contributed by atoms with Crippen LogP contribution in [0.1, 0.15) is 24.8 Å². The maximum atomic E-state index is 6.00. The fourth-order valence-corrected chi connectivity index (χ4v) is 3.92. The SMILES string of the molecule is CC(C)C(c1cccs1)n1c(=S)[nH]c2cc(Cl)cnc21. The summed E-state index contributed by atoms with van der Waals surface area (Å²) in [7, 11) is 0. The number of aromatic nitrogens is 3. The van der Waals surface area contributed by atoms with Gasteiger partial charge in [-0.15, -0.1) is 11.3 Å². The number of hydrogen-bond acceptors (Lipinski definition) is 3. The molecule has 0 fully saturated rings. The highest BCUT2D eigenvalue weighted by atomic mass is 35.5. The molecule has 3 aromatic heterocycles. The summed E-state index contributed by atoms with van der Waals surface area (Å²) in [6, 6.07) is 6.26. The van der Waals surface area contributed by atoms with Crippen LogP contribution in [-0.4, -0.2) is 14.5 Å². The summed E-state index contributed by atoms with van der Waals surface area (Å²) in [5.41, 5.74) is 1.73. The van der Waals surface area contributed by atoms with Crippen LogP contribution in [0.5, 0.6) is 0 Å². The Bertz CT molecular complexity index is 786. The van der Waals surface area contributed by atoms with E-state index in [1.807, 2.05) is 6.07 Å². The second kappa shape index (κ2) is 5.31. The molecule has 3 nitrogen and oxygen atoms in total. The number of aromatic amines is 1. The number of thiophene rings is 1. The Hall–Kier alpha value is -1.17. The van der Waals surface area contributed by atoms with E-state index in [4.69, 9.17) is 23.8 Å². The van der Waals surface area contributed by atoms with Crippen LogP contribution in [0.4, 0.5) is 0 Å². The van der Waals surface area contributed by atoms with Crippen molar-refractivity contribution in [1.29, 1.82) is 0 Å². The third kappa shape index (κ3) is 2.30. The molecule has 0 saturated heterocycles. The van der Waals surface area contributed by atoms with Gasteiger partial charge in [0, 0.05) is 11.1 Å². The minimum atomic E-state index is 0.185. The van der Waals surface area contributed by atoms with E-state index in [1.54, 1.807) is 17.5 Å². The van der Waals surface area contributed by atoms with Crippen molar-refractivity contribution >= 4 is 46.3 Å². The predicted octanol–water partition coefficient (Wildman–Crippen LogP) is 5.05. The van der Waals surface area contributed by atoms with Crippen LogP contribution >= 0.6 is 35.2 Å². The van der Waals surface area contributed by atoms with Crippen LogP contribution in [0, 0.1) is 10.7 Å². The van der Waals surface area contributed by atoms with E-state index in [0.717, 1.165) is 11.2 Å². The Labute approximate surface area is 131 Å². The summed E-state index contributed by atoms with van der Waals surface area (Å²) in [5.74, 6) is 0.414. The highest BCUT2D eigenvalue weighted by molar-refractivity contribution is 7.71. The van der Waals surface area contributed by atoms with E-state index < -0.39 is 0 Å². The zero-order chi connectivity index (χ0) is 14.3. The number of rotatable bonds is 3. The first-order valence-corrected chi connectivity index (χ1v) is 8.03. The first-order chi connectivity index (χ1) is 9.58. The van der Waals surface area contributed by atoms with Gasteiger partial charge in [0.15, 0.2) is 10.4 Å². The van der Waals surface area contributed by atoms with Crippen molar-refractivity contribution in [3.05, 3.63) is 44.4 Å². The molecular weight excluding hydrogens is 310 g/mol. The van der Waals surface area contributed by atoms with Crippen LogP contribution in [0.3, 0.4) is 0 Å². The van der Waals surface area contributed by atoms with Crippen LogP contribution in [0.2, 0.25) is 5.02 Å². The molecule has 1 atom stereocenters. The number of nitrogens with zero attached hydrogens (tertiary/aromatic N) is 2. The Kier molecular flexibility index (Phi) is 3.67. The number of fused-ring (bicyclic) bond motifs is 1. The number of pyridine rings is 1. The number of nitrogens with one attached hydrogen (secondary N) is 1. The quantitative estimate of drug-likeness (QED) is 0.684. The highest BCUT2D eigenvalue weighted by Gasteiger charge is 2.22. The third-order valence-electron chi connectivity index (χ3n) is 3.27. The van der Waals surface area contributed by atoms with E-state index in [2.05, 4.69) is 45.9 Å². The molecule has 0 amide bonds. The maximum absolute atomic E-state index is 6.00. The van der Waals surface area contributed by atoms with E-state index in [9.17, 15) is 0 Å². The van der Waals surface area contributed by atoms with Crippen LogP contribution in [0.25, 0.3) is 11.2 Å². The van der Waals surface area contributed by atoms with Crippen molar-refractivity contribution in [2.24, 2.45) is 5.92 Å². The smallest absolute Gasteiger partial charge is 0.179 e. The number of halogens is 1. The average molecular weight is 324 g/mol. The van der Waals surface area contributed by atoms with E-state index in [0.29, 0.717) is 15.7 Å². The number of H-pyrrole nitrogens is 1. The van der Waals surface area contributed by atoms with Crippen molar-refractivity contribution in [2.75, 3.05) is 0 Å². The van der Waals surface area contributed by atoms with Gasteiger partial charge in [0.1, 0.15) is 0 Å². The lowest BCUT2D eigenvalue weighted by Crippen LogP contribution is -2.16. The molecule has 20 heavy (non-hydrogen) atoms. The fraction of sp³-hybridized carbons (Fsp3) is 0.286. The number of hydrogen-bond donors (Lipinski definition) is 1. The predicted molar refractivity (Wildman–Crippen MR) is 87.2 cm³/mol. The molecule has 0 aliphatic carbocycles. The van der Waals surface area contributed by atoms with Crippen molar-refractivity contribution in [1.82, 2.24) is 14.5 Å². The third-order valence-corrected chi connectivity index (χ3v) is 4.71. The van der Waals surface area contributed by atoms with Crippen molar-refractivity contribution in [3.8, 4) is 0 Å². The largest absolute Gasteiger partial charge is 0.329 e. The maximum Gasteiger partial charge on any atom is 0.179 e. The normalized spacial score (nSPS) is 13.2. The molecule has 104 valence electrons. The monoisotopic (exact) mass is 323 g/mol. The minimum Gasteiger partial charge on any atom is -0.329 e. The summed E-state index contributed by atoms with van der Waals surface area (Å²) in [4.78, 5) is 8.94. The standard InChI is InChI=1S/C14H14ClN3S2/c1-8(2)12(11-4-3-5-20-11)18-13-10(17-14(18)19)6-9(15)7-16-13/h3-8,12H,1-2H3,(H,17,19). The molecule has 0 aliphatic rings. The van der Waals surface area contributed by atoms with Gasteiger partial charge in [-0.1, -0.05) is 31.5 Å². The summed E-state index contributed by atoms with van der Waals surface area (Å²) in [6.07, 6.45) is 1.66. The van der Waals surface area contributed by atoms with Gasteiger partial charge in [0.25, 0.3) is 0 Å². The summed E-state index contributed by atoms with van der Waals surface area (Å²) in [5, 5.41) is 2.70. The first-order valence-electron chi connectivity index (χ1n) is 6.37. The molecule has 0 aromatic carbocycles. The van der Waals surface area contributed by atoms with E-state index in [-0.39, 0.29) is 6.04 Å². The van der Waals surface area contributed by atoms with Gasteiger partial charge in [-0.05, 0) is 35.6 Å².